The van der Waals surface area contributed by atoms with Crippen molar-refractivity contribution in [3.63, 3.8) is 0 Å². The Morgan fingerprint density at radius 2 is 1.85 bits per heavy atom. The third kappa shape index (κ3) is 5.01. The molecule has 0 fully saturated rings. The first-order chi connectivity index (χ1) is 13.1. The van der Waals surface area contributed by atoms with Crippen molar-refractivity contribution in [1.82, 2.24) is 0 Å². The minimum atomic E-state index is 0.455. The largest absolute Gasteiger partial charge is 0.488 e. The molecule has 0 N–H and O–H groups in total. The molecule has 3 rings (SSSR count). The number of nitrogens with zero attached hydrogens (tertiary/aromatic N) is 1. The van der Waals surface area contributed by atoms with Gasteiger partial charge in [0.1, 0.15) is 12.4 Å². The van der Waals surface area contributed by atoms with Crippen LogP contribution in [0, 0.1) is 18.3 Å². The molecule has 0 heterocycles. The van der Waals surface area contributed by atoms with E-state index in [2.05, 4.69) is 41.1 Å². The Labute approximate surface area is 172 Å². The van der Waals surface area contributed by atoms with Gasteiger partial charge in [0, 0.05) is 20.6 Å². The van der Waals surface area contributed by atoms with Crippen molar-refractivity contribution >= 4 is 39.2 Å². The minimum Gasteiger partial charge on any atom is -0.488 e. The van der Waals surface area contributed by atoms with Gasteiger partial charge in [-0.3, -0.25) is 0 Å². The van der Waals surface area contributed by atoms with E-state index in [-0.39, 0.29) is 0 Å². The normalized spacial score (nSPS) is 11.1. The summed E-state index contributed by atoms with van der Waals surface area (Å²) in [7, 11) is 0. The van der Waals surface area contributed by atoms with Crippen molar-refractivity contribution in [3.8, 4) is 11.8 Å². The highest BCUT2D eigenvalue weighted by Gasteiger charge is 2.09. The van der Waals surface area contributed by atoms with Gasteiger partial charge < -0.3 is 4.74 Å². The van der Waals surface area contributed by atoms with Gasteiger partial charge in [-0.25, -0.2) is 0 Å². The minimum absolute atomic E-state index is 0.455. The van der Waals surface area contributed by atoms with Gasteiger partial charge in [-0.2, -0.15) is 5.26 Å². The molecule has 0 aliphatic carbocycles. The van der Waals surface area contributed by atoms with E-state index in [1.807, 2.05) is 48.5 Å². The first-order valence-corrected chi connectivity index (χ1v) is 9.58. The SMILES string of the molecule is Cc1ccc(COc2ccc(Br)cc2C=C(C#N)c2ccccc2Cl)cc1. The Kier molecular flexibility index (Phi) is 6.34. The number of nitriles is 1. The fraction of sp³-hybridized carbons (Fsp3) is 0.0870. The molecule has 0 saturated carbocycles. The van der Waals surface area contributed by atoms with Crippen LogP contribution in [-0.2, 0) is 6.61 Å². The van der Waals surface area contributed by atoms with E-state index in [1.165, 1.54) is 5.56 Å². The second kappa shape index (κ2) is 8.90. The van der Waals surface area contributed by atoms with Crippen molar-refractivity contribution in [3.05, 3.63) is 98.5 Å². The number of ether oxygens (including phenoxy) is 1. The molecule has 0 saturated heterocycles. The standard InChI is InChI=1S/C23H17BrClNO/c1-16-6-8-17(9-7-16)15-27-23-11-10-20(24)13-18(23)12-19(14-26)21-4-2-3-5-22(21)25/h2-13H,15H2,1H3. The Morgan fingerprint density at radius 3 is 2.56 bits per heavy atom. The molecule has 134 valence electrons. The molecule has 2 nitrogen and oxygen atoms in total. The van der Waals surface area contributed by atoms with Crippen LogP contribution < -0.4 is 4.74 Å². The van der Waals surface area contributed by atoms with E-state index < -0.39 is 0 Å². The van der Waals surface area contributed by atoms with Gasteiger partial charge in [0.05, 0.1) is 11.6 Å². The predicted molar refractivity (Wildman–Crippen MR) is 115 cm³/mol. The second-order valence-electron chi connectivity index (χ2n) is 6.11. The lowest BCUT2D eigenvalue weighted by atomic mass is 10.0. The van der Waals surface area contributed by atoms with Crippen LogP contribution in [0.3, 0.4) is 0 Å². The number of halogens is 2. The van der Waals surface area contributed by atoms with Crippen LogP contribution in [0.5, 0.6) is 5.75 Å². The molecule has 0 spiro atoms. The van der Waals surface area contributed by atoms with Crippen LogP contribution >= 0.6 is 27.5 Å². The van der Waals surface area contributed by atoms with Crippen molar-refractivity contribution in [2.75, 3.05) is 0 Å². The van der Waals surface area contributed by atoms with E-state index in [9.17, 15) is 5.26 Å². The van der Waals surface area contributed by atoms with Gasteiger partial charge in [-0.15, -0.1) is 0 Å². The fourth-order valence-electron chi connectivity index (χ4n) is 2.61. The molecule has 27 heavy (non-hydrogen) atoms. The molecule has 0 aliphatic heterocycles. The molecule has 3 aromatic carbocycles. The quantitative estimate of drug-likeness (QED) is 0.316. The average Bonchev–Trinajstić information content (AvgIpc) is 2.67. The zero-order chi connectivity index (χ0) is 19.2. The summed E-state index contributed by atoms with van der Waals surface area (Å²) in [6.45, 7) is 2.51. The Balaban J connectivity index is 1.92. The Morgan fingerprint density at radius 1 is 1.11 bits per heavy atom. The summed E-state index contributed by atoms with van der Waals surface area (Å²) in [5.74, 6) is 0.707. The molecule has 0 aliphatic rings. The van der Waals surface area contributed by atoms with Gasteiger partial charge in [-0.1, -0.05) is 75.6 Å². The summed E-state index contributed by atoms with van der Waals surface area (Å²) < 4.78 is 6.93. The molecular weight excluding hydrogens is 422 g/mol. The highest BCUT2D eigenvalue weighted by molar-refractivity contribution is 9.10. The number of hydrogen-bond donors (Lipinski definition) is 0. The summed E-state index contributed by atoms with van der Waals surface area (Å²) in [6, 6.07) is 23.5. The lowest BCUT2D eigenvalue weighted by Crippen LogP contribution is -1.97. The molecule has 3 aromatic rings. The van der Waals surface area contributed by atoms with E-state index in [0.29, 0.717) is 28.5 Å². The van der Waals surface area contributed by atoms with E-state index in [1.54, 1.807) is 12.1 Å². The number of rotatable bonds is 5. The third-order valence-corrected chi connectivity index (χ3v) is 4.89. The van der Waals surface area contributed by atoms with Gasteiger partial charge in [-0.05, 0) is 42.8 Å². The number of aryl methyl sites for hydroxylation is 1. The molecular formula is C23H17BrClNO. The smallest absolute Gasteiger partial charge is 0.127 e. The van der Waals surface area contributed by atoms with Crippen LogP contribution in [0.25, 0.3) is 11.6 Å². The maximum atomic E-state index is 9.63. The third-order valence-electron chi connectivity index (χ3n) is 4.07. The van der Waals surface area contributed by atoms with Crippen LogP contribution in [0.15, 0.2) is 71.2 Å². The van der Waals surface area contributed by atoms with Crippen LogP contribution in [0.2, 0.25) is 5.02 Å². The number of benzene rings is 3. The summed E-state index contributed by atoms with van der Waals surface area (Å²) in [6.07, 6.45) is 1.80. The van der Waals surface area contributed by atoms with E-state index in [0.717, 1.165) is 15.6 Å². The van der Waals surface area contributed by atoms with E-state index >= 15 is 0 Å². The van der Waals surface area contributed by atoms with Crippen molar-refractivity contribution in [2.45, 2.75) is 13.5 Å². The van der Waals surface area contributed by atoms with Crippen LogP contribution in [-0.4, -0.2) is 0 Å². The molecule has 0 unspecified atom stereocenters. The van der Waals surface area contributed by atoms with Crippen molar-refractivity contribution in [2.24, 2.45) is 0 Å². The topological polar surface area (TPSA) is 33.0 Å². The lowest BCUT2D eigenvalue weighted by Gasteiger charge is -2.11. The van der Waals surface area contributed by atoms with Gasteiger partial charge in [0.15, 0.2) is 0 Å². The maximum Gasteiger partial charge on any atom is 0.127 e. The van der Waals surface area contributed by atoms with E-state index in [4.69, 9.17) is 16.3 Å². The predicted octanol–water partition coefficient (Wildman–Crippen LogP) is 7.05. The first kappa shape index (κ1) is 19.2. The molecule has 0 bridgehead atoms. The molecule has 0 amide bonds. The fourth-order valence-corrected chi connectivity index (χ4v) is 3.23. The van der Waals surface area contributed by atoms with Crippen molar-refractivity contribution in [1.29, 1.82) is 5.26 Å². The highest BCUT2D eigenvalue weighted by atomic mass is 79.9. The van der Waals surface area contributed by atoms with Crippen LogP contribution in [0.1, 0.15) is 22.3 Å². The van der Waals surface area contributed by atoms with Gasteiger partial charge in [0.2, 0.25) is 0 Å². The Hall–Kier alpha value is -2.54. The number of hydrogen-bond acceptors (Lipinski definition) is 2. The summed E-state index contributed by atoms with van der Waals surface area (Å²) in [4.78, 5) is 0. The highest BCUT2D eigenvalue weighted by Crippen LogP contribution is 2.30. The lowest BCUT2D eigenvalue weighted by molar-refractivity contribution is 0.305. The molecule has 0 atom stereocenters. The number of allylic oxidation sites excluding steroid dienone is 1. The van der Waals surface area contributed by atoms with Gasteiger partial charge in [0.25, 0.3) is 0 Å². The first-order valence-electron chi connectivity index (χ1n) is 8.41. The zero-order valence-electron chi connectivity index (χ0n) is 14.7. The van der Waals surface area contributed by atoms with Crippen molar-refractivity contribution < 1.29 is 4.74 Å². The Bertz CT molecular complexity index is 1020. The summed E-state index contributed by atoms with van der Waals surface area (Å²) >= 11 is 9.75. The summed E-state index contributed by atoms with van der Waals surface area (Å²) in [5.41, 5.74) is 4.30. The summed E-state index contributed by atoms with van der Waals surface area (Å²) in [5, 5.41) is 10.2. The molecule has 4 heteroatoms. The van der Waals surface area contributed by atoms with Crippen LogP contribution in [0.4, 0.5) is 0 Å². The second-order valence-corrected chi connectivity index (χ2v) is 7.43. The monoisotopic (exact) mass is 437 g/mol. The van der Waals surface area contributed by atoms with Gasteiger partial charge >= 0.3 is 0 Å². The molecule has 0 radical (unpaired) electrons. The average molecular weight is 439 g/mol. The zero-order valence-corrected chi connectivity index (χ0v) is 17.1. The molecule has 0 aromatic heterocycles. The maximum absolute atomic E-state index is 9.63.